The molecule has 1 heterocycles. The van der Waals surface area contributed by atoms with Crippen LogP contribution in [0.5, 0.6) is 5.88 Å². The first-order valence-corrected chi connectivity index (χ1v) is 7.06. The highest BCUT2D eigenvalue weighted by molar-refractivity contribution is 6.39. The number of nitrogens with one attached hydrogen (secondary N) is 2. The Morgan fingerprint density at radius 1 is 1.26 bits per heavy atom. The highest BCUT2D eigenvalue weighted by Crippen LogP contribution is 2.29. The van der Waals surface area contributed by atoms with E-state index in [1.54, 1.807) is 17.6 Å². The van der Waals surface area contributed by atoms with Crippen LogP contribution in [0.2, 0.25) is 0 Å². The van der Waals surface area contributed by atoms with Crippen molar-refractivity contribution in [2.24, 2.45) is 11.8 Å². The van der Waals surface area contributed by atoms with Gasteiger partial charge in [0.25, 0.3) is 0 Å². The summed E-state index contributed by atoms with van der Waals surface area (Å²) in [6, 6.07) is 3.12. The number of pyridine rings is 1. The lowest BCUT2D eigenvalue weighted by Crippen LogP contribution is -2.39. The van der Waals surface area contributed by atoms with Crippen LogP contribution in [0, 0.1) is 5.92 Å². The smallest absolute Gasteiger partial charge is 0.323 e. The Hall–Kier alpha value is -2.68. The Bertz CT molecular complexity index is 589. The van der Waals surface area contributed by atoms with Gasteiger partial charge in [0.2, 0.25) is 5.88 Å². The number of rotatable bonds is 4. The number of hydrogen-bond donors (Lipinski definition) is 3. The number of carbonyl (C=O) groups excluding carboxylic acids is 3. The van der Waals surface area contributed by atoms with Gasteiger partial charge in [-0.25, -0.2) is 10.8 Å². The van der Waals surface area contributed by atoms with Crippen molar-refractivity contribution >= 4 is 23.5 Å². The second kappa shape index (κ2) is 7.54. The number of esters is 1. The molecule has 2 amide bonds. The lowest BCUT2D eigenvalue weighted by molar-refractivity contribution is -0.145. The van der Waals surface area contributed by atoms with Crippen molar-refractivity contribution < 1.29 is 23.9 Å². The molecule has 1 aromatic heterocycles. The maximum absolute atomic E-state index is 11.5. The molecule has 0 aliphatic heterocycles. The SMILES string of the molecule is COC(=O)[C@@H]1CC[C@@H](Oc2ccc(NC(=O)C(=O)NN)cn2)C1. The largest absolute Gasteiger partial charge is 0.474 e. The minimum absolute atomic E-state index is 0.102. The Kier molecular flexibility index (Phi) is 5.47. The molecule has 124 valence electrons. The Morgan fingerprint density at radius 2 is 2.04 bits per heavy atom. The van der Waals surface area contributed by atoms with Gasteiger partial charge in [-0.1, -0.05) is 0 Å². The van der Waals surface area contributed by atoms with E-state index in [9.17, 15) is 14.4 Å². The number of nitrogens with two attached hydrogens (primary N) is 1. The van der Waals surface area contributed by atoms with E-state index in [0.29, 0.717) is 18.0 Å². The van der Waals surface area contributed by atoms with Crippen molar-refractivity contribution in [3.05, 3.63) is 18.3 Å². The number of nitrogens with zero attached hydrogens (tertiary/aromatic N) is 1. The van der Waals surface area contributed by atoms with Gasteiger partial charge in [-0.3, -0.25) is 19.8 Å². The Balaban J connectivity index is 1.87. The summed E-state index contributed by atoms with van der Waals surface area (Å²) < 4.78 is 10.4. The van der Waals surface area contributed by atoms with Gasteiger partial charge in [0.1, 0.15) is 6.10 Å². The molecule has 1 aromatic rings. The second-order valence-corrected chi connectivity index (χ2v) is 5.09. The van der Waals surface area contributed by atoms with Crippen LogP contribution in [0.15, 0.2) is 18.3 Å². The molecule has 1 aliphatic rings. The van der Waals surface area contributed by atoms with E-state index >= 15 is 0 Å². The summed E-state index contributed by atoms with van der Waals surface area (Å²) in [6.45, 7) is 0. The van der Waals surface area contributed by atoms with Crippen LogP contribution in [-0.2, 0) is 19.1 Å². The van der Waals surface area contributed by atoms with E-state index in [0.717, 1.165) is 12.8 Å². The number of amides is 2. The van der Waals surface area contributed by atoms with E-state index in [1.165, 1.54) is 13.3 Å². The van der Waals surface area contributed by atoms with Gasteiger partial charge < -0.3 is 14.8 Å². The van der Waals surface area contributed by atoms with Gasteiger partial charge in [-0.15, -0.1) is 0 Å². The van der Waals surface area contributed by atoms with Crippen molar-refractivity contribution in [1.82, 2.24) is 10.4 Å². The number of aromatic nitrogens is 1. The molecule has 23 heavy (non-hydrogen) atoms. The summed E-state index contributed by atoms with van der Waals surface area (Å²) in [7, 11) is 1.37. The Labute approximate surface area is 132 Å². The highest BCUT2D eigenvalue weighted by Gasteiger charge is 2.32. The first-order chi connectivity index (χ1) is 11.0. The van der Waals surface area contributed by atoms with E-state index in [4.69, 9.17) is 15.3 Å². The van der Waals surface area contributed by atoms with Crippen molar-refractivity contribution in [2.75, 3.05) is 12.4 Å². The van der Waals surface area contributed by atoms with Gasteiger partial charge in [0, 0.05) is 6.07 Å². The second-order valence-electron chi connectivity index (χ2n) is 5.09. The molecule has 4 N–H and O–H groups in total. The zero-order valence-electron chi connectivity index (χ0n) is 12.6. The average molecular weight is 322 g/mol. The van der Waals surface area contributed by atoms with Crippen LogP contribution >= 0.6 is 0 Å². The molecule has 9 heteroatoms. The fourth-order valence-corrected chi connectivity index (χ4v) is 2.38. The number of hydrazine groups is 1. The quantitative estimate of drug-likeness (QED) is 0.228. The molecule has 1 saturated carbocycles. The van der Waals surface area contributed by atoms with Gasteiger partial charge >= 0.3 is 17.8 Å². The van der Waals surface area contributed by atoms with Crippen LogP contribution in [0.3, 0.4) is 0 Å². The fraction of sp³-hybridized carbons (Fsp3) is 0.429. The zero-order chi connectivity index (χ0) is 16.8. The first kappa shape index (κ1) is 16.7. The number of ether oxygens (including phenoxy) is 2. The third-order valence-electron chi connectivity index (χ3n) is 3.54. The molecule has 0 radical (unpaired) electrons. The lowest BCUT2D eigenvalue weighted by atomic mass is 10.1. The van der Waals surface area contributed by atoms with Crippen LogP contribution in [0.25, 0.3) is 0 Å². The van der Waals surface area contributed by atoms with E-state index in [2.05, 4.69) is 10.3 Å². The first-order valence-electron chi connectivity index (χ1n) is 7.06. The van der Waals surface area contributed by atoms with Crippen LogP contribution < -0.4 is 21.3 Å². The maximum Gasteiger partial charge on any atom is 0.323 e. The van der Waals surface area contributed by atoms with Crippen LogP contribution in [-0.4, -0.2) is 36.0 Å². The Morgan fingerprint density at radius 3 is 2.65 bits per heavy atom. The number of methoxy groups -OCH3 is 1. The summed E-state index contributed by atoms with van der Waals surface area (Å²) in [4.78, 5) is 37.8. The van der Waals surface area contributed by atoms with Crippen molar-refractivity contribution in [3.63, 3.8) is 0 Å². The van der Waals surface area contributed by atoms with Crippen LogP contribution in [0.1, 0.15) is 19.3 Å². The highest BCUT2D eigenvalue weighted by atomic mass is 16.5. The van der Waals surface area contributed by atoms with Crippen molar-refractivity contribution in [2.45, 2.75) is 25.4 Å². The van der Waals surface area contributed by atoms with Crippen LogP contribution in [0.4, 0.5) is 5.69 Å². The minimum Gasteiger partial charge on any atom is -0.474 e. The fourth-order valence-electron chi connectivity index (χ4n) is 2.38. The molecular weight excluding hydrogens is 304 g/mol. The minimum atomic E-state index is -0.954. The molecule has 0 spiro atoms. The van der Waals surface area contributed by atoms with Gasteiger partial charge in [-0.2, -0.15) is 0 Å². The van der Waals surface area contributed by atoms with Gasteiger partial charge in [0.05, 0.1) is 24.9 Å². The summed E-state index contributed by atoms with van der Waals surface area (Å²) in [5.74, 6) is 3.03. The van der Waals surface area contributed by atoms with E-state index in [1.807, 2.05) is 0 Å². The number of anilines is 1. The molecule has 2 rings (SSSR count). The molecule has 2 atom stereocenters. The molecule has 1 aliphatic carbocycles. The molecular formula is C14H18N4O5. The van der Waals surface area contributed by atoms with Gasteiger partial charge in [-0.05, 0) is 25.3 Å². The molecule has 0 aromatic carbocycles. The third kappa shape index (κ3) is 4.39. The van der Waals surface area contributed by atoms with Crippen molar-refractivity contribution in [1.29, 1.82) is 0 Å². The molecule has 1 fully saturated rings. The maximum atomic E-state index is 11.5. The lowest BCUT2D eigenvalue weighted by Gasteiger charge is -2.13. The third-order valence-corrected chi connectivity index (χ3v) is 3.54. The molecule has 0 unspecified atom stereocenters. The zero-order valence-corrected chi connectivity index (χ0v) is 12.6. The molecule has 9 nitrogen and oxygen atoms in total. The number of carbonyl (C=O) groups is 3. The molecule has 0 saturated heterocycles. The normalized spacial score (nSPS) is 19.7. The summed E-state index contributed by atoms with van der Waals surface area (Å²) in [6.07, 6.45) is 3.32. The predicted octanol–water partition coefficient (Wildman–Crippen LogP) is -0.269. The molecule has 0 bridgehead atoms. The topological polar surface area (TPSA) is 133 Å². The standard InChI is InChI=1S/C14H18N4O5/c1-22-14(21)8-2-4-10(6-8)23-11-5-3-9(7-16-11)17-12(19)13(20)18-15/h3,5,7-8,10H,2,4,6,15H2,1H3,(H,17,19)(H,18,20)/t8-,10-/m1/s1. The summed E-state index contributed by atoms with van der Waals surface area (Å²) in [5.41, 5.74) is 2.07. The number of hydrogen-bond acceptors (Lipinski definition) is 7. The van der Waals surface area contributed by atoms with E-state index < -0.39 is 11.8 Å². The predicted molar refractivity (Wildman–Crippen MR) is 79.0 cm³/mol. The van der Waals surface area contributed by atoms with Gasteiger partial charge in [0.15, 0.2) is 0 Å². The summed E-state index contributed by atoms with van der Waals surface area (Å²) >= 11 is 0. The average Bonchev–Trinajstić information content (AvgIpc) is 3.03. The monoisotopic (exact) mass is 322 g/mol. The van der Waals surface area contributed by atoms with Crippen molar-refractivity contribution in [3.8, 4) is 5.88 Å². The van der Waals surface area contributed by atoms with E-state index in [-0.39, 0.29) is 18.0 Å². The summed E-state index contributed by atoms with van der Waals surface area (Å²) in [5, 5.41) is 2.33.